The molecule has 0 aromatic heterocycles. The average Bonchev–Trinajstić information content (AvgIpc) is 2.56. The van der Waals surface area contributed by atoms with Gasteiger partial charge in [0.2, 0.25) is 0 Å². The van der Waals surface area contributed by atoms with Gasteiger partial charge in [0.05, 0.1) is 6.61 Å². The van der Waals surface area contributed by atoms with E-state index >= 15 is 0 Å². The standard InChI is InChI=1S/C75H124O12/c1-4-7-10-13-16-19-22-25-28-31-34-37-40-43-46-49-52-55-58-61-67(76)83-64-66(85-68(77)62-59-56-53-50-47-44-41-38-35-32-29-26-23-20-17-14-11-8-5-2)65-84-75-73(71(80)70(79)72(87-75)74(81)82)86-69(78)63-60-57-54-51-48-45-42-39-36-33-30-27-24-21-18-15-12-9-6-3/h7,9-10,12,16,18-19,21,25,27-28,30,34,36-37,39,43,46,66,70-73,75,79-80H,4-6,8,11,13-15,17,20,22-24,26,29,31-33,35,38,40-42,44-45,47-65H2,1-3H3,(H,81,82)/b10-7-,12-9-,19-16-,21-18-,28-25-,30-27-,37-34-,39-36-,46-43-. The number of ether oxygens (including phenoxy) is 5. The molecule has 0 aromatic rings. The second-order valence-corrected chi connectivity index (χ2v) is 23.4. The van der Waals surface area contributed by atoms with E-state index in [0.29, 0.717) is 19.3 Å². The quantitative estimate of drug-likeness (QED) is 0.0228. The van der Waals surface area contributed by atoms with Crippen LogP contribution in [0.2, 0.25) is 0 Å². The van der Waals surface area contributed by atoms with Gasteiger partial charge in [-0.25, -0.2) is 4.79 Å². The summed E-state index contributed by atoms with van der Waals surface area (Å²) in [4.78, 5) is 51.5. The van der Waals surface area contributed by atoms with Crippen molar-refractivity contribution in [1.29, 1.82) is 0 Å². The van der Waals surface area contributed by atoms with E-state index in [9.17, 15) is 34.5 Å². The number of carboxylic acid groups (broad SMARTS) is 1. The highest BCUT2D eigenvalue weighted by Gasteiger charge is 2.50. The fraction of sp³-hybridized carbons (Fsp3) is 0.707. The van der Waals surface area contributed by atoms with Crippen LogP contribution in [0.25, 0.3) is 0 Å². The first-order valence-electron chi connectivity index (χ1n) is 34.9. The molecule has 0 amide bonds. The van der Waals surface area contributed by atoms with Gasteiger partial charge in [-0.15, -0.1) is 0 Å². The number of rotatable bonds is 59. The number of carbonyl (C=O) groups is 4. The van der Waals surface area contributed by atoms with Gasteiger partial charge in [0.1, 0.15) is 18.8 Å². The number of hydrogen-bond acceptors (Lipinski definition) is 11. The van der Waals surface area contributed by atoms with E-state index in [2.05, 4.69) is 130 Å². The molecule has 1 fully saturated rings. The monoisotopic (exact) mass is 1220 g/mol. The molecule has 1 aliphatic rings. The fourth-order valence-corrected chi connectivity index (χ4v) is 10.1. The zero-order valence-electron chi connectivity index (χ0n) is 55.0. The summed E-state index contributed by atoms with van der Waals surface area (Å²) in [5, 5.41) is 31.7. The van der Waals surface area contributed by atoms with Gasteiger partial charge in [-0.3, -0.25) is 14.4 Å². The Hall–Kier alpha value is -4.62. The SMILES string of the molecule is CC/C=C\C/C=C\C/C=C\C/C=C\C/C=C\CCCCCC(=O)OCC(COC1OC(C(=O)O)C(O)C(O)C1OC(=O)CCCCCCCC/C=C\C/C=C\C/C=C\C/C=C\CC)OC(=O)CCCCCCCCCCCCCCCCCCCCC. The van der Waals surface area contributed by atoms with Gasteiger partial charge in [0.25, 0.3) is 0 Å². The van der Waals surface area contributed by atoms with Crippen molar-refractivity contribution in [1.82, 2.24) is 0 Å². The van der Waals surface area contributed by atoms with E-state index in [0.717, 1.165) is 135 Å². The molecule has 1 aliphatic heterocycles. The summed E-state index contributed by atoms with van der Waals surface area (Å²) in [6.45, 7) is 5.78. The van der Waals surface area contributed by atoms with Crippen LogP contribution in [0, 0.1) is 0 Å². The third-order valence-corrected chi connectivity index (χ3v) is 15.3. The molecule has 1 rings (SSSR count). The first-order valence-corrected chi connectivity index (χ1v) is 34.9. The molecule has 87 heavy (non-hydrogen) atoms. The topological polar surface area (TPSA) is 175 Å². The van der Waals surface area contributed by atoms with Crippen LogP contribution in [0.5, 0.6) is 0 Å². The largest absolute Gasteiger partial charge is 0.479 e. The van der Waals surface area contributed by atoms with Crippen LogP contribution in [0.3, 0.4) is 0 Å². The minimum Gasteiger partial charge on any atom is -0.479 e. The molecular weight excluding hydrogens is 1090 g/mol. The number of allylic oxidation sites excluding steroid dienone is 18. The van der Waals surface area contributed by atoms with Gasteiger partial charge in [0.15, 0.2) is 24.6 Å². The Morgan fingerprint density at radius 3 is 1.11 bits per heavy atom. The van der Waals surface area contributed by atoms with Crippen LogP contribution in [0.4, 0.5) is 0 Å². The normalized spacial score (nSPS) is 18.0. The molecule has 1 heterocycles. The Morgan fingerprint density at radius 1 is 0.391 bits per heavy atom. The Labute approximate surface area is 529 Å². The lowest BCUT2D eigenvalue weighted by molar-refractivity contribution is -0.301. The first-order chi connectivity index (χ1) is 42.6. The third kappa shape index (κ3) is 50.9. The number of unbranched alkanes of at least 4 members (excludes halogenated alkanes) is 27. The zero-order valence-corrected chi connectivity index (χ0v) is 55.0. The molecule has 496 valence electrons. The second-order valence-electron chi connectivity index (χ2n) is 23.4. The molecule has 0 radical (unpaired) electrons. The maximum atomic E-state index is 13.3. The lowest BCUT2D eigenvalue weighted by Gasteiger charge is -2.40. The maximum absolute atomic E-state index is 13.3. The van der Waals surface area contributed by atoms with E-state index in [1.165, 1.54) is 96.3 Å². The van der Waals surface area contributed by atoms with Gasteiger partial charge in [-0.1, -0.05) is 278 Å². The van der Waals surface area contributed by atoms with Gasteiger partial charge in [-0.2, -0.15) is 0 Å². The van der Waals surface area contributed by atoms with Gasteiger partial charge in [-0.05, 0) is 103 Å². The molecule has 6 unspecified atom stereocenters. The number of carboxylic acids is 1. The molecule has 0 spiro atoms. The van der Waals surface area contributed by atoms with Crippen LogP contribution in [0.15, 0.2) is 109 Å². The highest BCUT2D eigenvalue weighted by molar-refractivity contribution is 5.74. The molecule has 6 atom stereocenters. The molecule has 0 aromatic carbocycles. The summed E-state index contributed by atoms with van der Waals surface area (Å²) < 4.78 is 28.6. The summed E-state index contributed by atoms with van der Waals surface area (Å²) in [7, 11) is 0. The lowest BCUT2D eigenvalue weighted by Crippen LogP contribution is -2.61. The lowest BCUT2D eigenvalue weighted by atomic mass is 9.98. The predicted molar refractivity (Wildman–Crippen MR) is 358 cm³/mol. The zero-order chi connectivity index (χ0) is 63.1. The molecule has 3 N–H and O–H groups in total. The average molecular weight is 1220 g/mol. The number of esters is 3. The van der Waals surface area contributed by atoms with E-state index in [1.807, 2.05) is 0 Å². The fourth-order valence-electron chi connectivity index (χ4n) is 10.1. The van der Waals surface area contributed by atoms with Gasteiger partial charge >= 0.3 is 23.9 Å². The molecule has 0 aliphatic carbocycles. The van der Waals surface area contributed by atoms with Gasteiger partial charge < -0.3 is 39.0 Å². The maximum Gasteiger partial charge on any atom is 0.335 e. The summed E-state index contributed by atoms with van der Waals surface area (Å²) in [6.07, 6.45) is 71.8. The van der Waals surface area contributed by atoms with Crippen molar-refractivity contribution >= 4 is 23.9 Å². The first kappa shape index (κ1) is 80.4. The minimum atomic E-state index is -1.92. The van der Waals surface area contributed by atoms with E-state index in [1.54, 1.807) is 0 Å². The van der Waals surface area contributed by atoms with Crippen molar-refractivity contribution in [2.24, 2.45) is 0 Å². The number of aliphatic carboxylic acids is 1. The smallest absolute Gasteiger partial charge is 0.335 e. The summed E-state index contributed by atoms with van der Waals surface area (Å²) in [5.41, 5.74) is 0. The van der Waals surface area contributed by atoms with Crippen molar-refractivity contribution in [3.05, 3.63) is 109 Å². The summed E-state index contributed by atoms with van der Waals surface area (Å²) >= 11 is 0. The molecule has 0 saturated carbocycles. The van der Waals surface area contributed by atoms with Crippen molar-refractivity contribution in [3.63, 3.8) is 0 Å². The van der Waals surface area contributed by atoms with Crippen LogP contribution in [0.1, 0.15) is 290 Å². The molecule has 12 nitrogen and oxygen atoms in total. The van der Waals surface area contributed by atoms with Crippen LogP contribution >= 0.6 is 0 Å². The van der Waals surface area contributed by atoms with Crippen LogP contribution in [-0.2, 0) is 42.9 Å². The highest BCUT2D eigenvalue weighted by Crippen LogP contribution is 2.27. The van der Waals surface area contributed by atoms with Crippen LogP contribution < -0.4 is 0 Å². The molecule has 0 bridgehead atoms. The molecule has 12 heteroatoms. The number of aliphatic hydroxyl groups excluding tert-OH is 2. The van der Waals surface area contributed by atoms with Gasteiger partial charge in [0, 0.05) is 19.3 Å². The van der Waals surface area contributed by atoms with Crippen molar-refractivity contribution in [2.45, 2.75) is 327 Å². The number of hydrogen-bond donors (Lipinski definition) is 3. The Balaban J connectivity index is 2.67. The van der Waals surface area contributed by atoms with E-state index in [4.69, 9.17) is 23.7 Å². The second kappa shape index (κ2) is 61.6. The number of aliphatic hydroxyl groups is 2. The summed E-state index contributed by atoms with van der Waals surface area (Å²) in [6, 6.07) is 0. The van der Waals surface area contributed by atoms with Crippen molar-refractivity contribution in [3.8, 4) is 0 Å². The van der Waals surface area contributed by atoms with Crippen molar-refractivity contribution in [2.75, 3.05) is 13.2 Å². The third-order valence-electron chi connectivity index (χ3n) is 15.3. The van der Waals surface area contributed by atoms with E-state index in [-0.39, 0.29) is 25.9 Å². The summed E-state index contributed by atoms with van der Waals surface area (Å²) in [5.74, 6) is -3.17. The Bertz CT molecular complexity index is 1930. The Morgan fingerprint density at radius 2 is 0.724 bits per heavy atom. The van der Waals surface area contributed by atoms with Crippen LogP contribution in [-0.4, -0.2) is 89.2 Å². The highest BCUT2D eigenvalue weighted by atomic mass is 16.7. The predicted octanol–water partition coefficient (Wildman–Crippen LogP) is 19.4. The van der Waals surface area contributed by atoms with E-state index < -0.39 is 67.3 Å². The Kier molecular flexibility index (Phi) is 56.9. The number of carbonyl (C=O) groups excluding carboxylic acids is 3. The minimum absolute atomic E-state index is 0.0371. The van der Waals surface area contributed by atoms with Crippen molar-refractivity contribution < 1.29 is 58.2 Å². The molecular formula is C75H124O12. The molecule has 1 saturated heterocycles.